The Hall–Kier alpha value is -1.32. The van der Waals surface area contributed by atoms with E-state index in [4.69, 9.17) is 16.7 Å². The highest BCUT2D eigenvalue weighted by Gasteiger charge is 2.17. The molecule has 0 aromatic carbocycles. The quantitative estimate of drug-likeness (QED) is 0.881. The normalized spacial score (nSPS) is 9.95. The van der Waals surface area contributed by atoms with Crippen LogP contribution in [0.3, 0.4) is 0 Å². The summed E-state index contributed by atoms with van der Waals surface area (Å²) in [5.41, 5.74) is 0.856. The molecule has 0 aliphatic carbocycles. The molecule has 2 rings (SSSR count). The van der Waals surface area contributed by atoms with Gasteiger partial charge in [0, 0.05) is 22.9 Å². The van der Waals surface area contributed by atoms with E-state index in [1.165, 1.54) is 22.7 Å². The third kappa shape index (κ3) is 3.62. The predicted octanol–water partition coefficient (Wildman–Crippen LogP) is 3.08. The first-order valence-corrected chi connectivity index (χ1v) is 7.91. The third-order valence-corrected chi connectivity index (χ3v) is 4.77. The zero-order chi connectivity index (χ0) is 14.5. The van der Waals surface area contributed by atoms with Crippen LogP contribution in [0.2, 0.25) is 5.02 Å². The maximum Gasteiger partial charge on any atom is 0.265 e. The predicted molar refractivity (Wildman–Crippen MR) is 83.4 cm³/mol. The fourth-order valence-corrected chi connectivity index (χ4v) is 3.59. The number of carbonyl (C=O) groups excluding carboxylic acids is 1. The molecular weight excluding hydrogens is 314 g/mol. The Morgan fingerprint density at radius 3 is 2.95 bits per heavy atom. The maximum absolute atomic E-state index is 12.2. The van der Waals surface area contributed by atoms with Crippen molar-refractivity contribution in [1.82, 2.24) is 4.90 Å². The van der Waals surface area contributed by atoms with Gasteiger partial charge in [0.2, 0.25) is 0 Å². The van der Waals surface area contributed by atoms with Gasteiger partial charge in [0.15, 0.2) is 0 Å². The lowest BCUT2D eigenvalue weighted by atomic mass is 10.3. The van der Waals surface area contributed by atoms with Crippen LogP contribution in [0.15, 0.2) is 22.9 Å². The van der Waals surface area contributed by atoms with E-state index in [9.17, 15) is 4.79 Å². The Morgan fingerprint density at radius 1 is 1.50 bits per heavy atom. The van der Waals surface area contributed by atoms with E-state index in [0.29, 0.717) is 16.4 Å². The molecule has 0 fully saturated rings. The fourth-order valence-electron chi connectivity index (χ4n) is 1.60. The van der Waals surface area contributed by atoms with Gasteiger partial charge in [-0.05, 0) is 17.5 Å². The molecule has 104 valence electrons. The van der Waals surface area contributed by atoms with Crippen LogP contribution in [0.1, 0.15) is 20.1 Å². The van der Waals surface area contributed by atoms with Gasteiger partial charge in [-0.3, -0.25) is 4.79 Å². The summed E-state index contributed by atoms with van der Waals surface area (Å²) < 4.78 is 0. The van der Waals surface area contributed by atoms with Gasteiger partial charge < -0.3 is 10.0 Å². The highest BCUT2D eigenvalue weighted by Crippen LogP contribution is 2.24. The van der Waals surface area contributed by atoms with Crippen LogP contribution in [0.5, 0.6) is 0 Å². The summed E-state index contributed by atoms with van der Waals surface area (Å²) in [5.74, 6) is 5.36. The summed E-state index contributed by atoms with van der Waals surface area (Å²) in [6, 6.07) is 3.65. The van der Waals surface area contributed by atoms with Crippen molar-refractivity contribution in [3.63, 3.8) is 0 Å². The number of halogens is 1. The van der Waals surface area contributed by atoms with Crippen LogP contribution < -0.4 is 0 Å². The molecule has 1 N–H and O–H groups in total. The second-order valence-corrected chi connectivity index (χ2v) is 6.34. The standard InChI is InChI=1S/C14H12ClNO2S2/c1-16(14(18)13-12(15)4-6-19-13)8-11-7-10(9-20-11)3-2-5-17/h4,6-7,9,17H,5,8H2,1H3. The van der Waals surface area contributed by atoms with Gasteiger partial charge in [-0.25, -0.2) is 0 Å². The van der Waals surface area contributed by atoms with Gasteiger partial charge in [-0.15, -0.1) is 22.7 Å². The first kappa shape index (κ1) is 15.1. The summed E-state index contributed by atoms with van der Waals surface area (Å²) in [5, 5.41) is 12.9. The number of hydrogen-bond acceptors (Lipinski definition) is 4. The molecule has 2 heterocycles. The van der Waals surface area contributed by atoms with Crippen molar-refractivity contribution < 1.29 is 9.90 Å². The summed E-state index contributed by atoms with van der Waals surface area (Å²) in [4.78, 5) is 15.4. The van der Waals surface area contributed by atoms with Crippen molar-refractivity contribution in [1.29, 1.82) is 0 Å². The maximum atomic E-state index is 12.2. The number of carbonyl (C=O) groups is 1. The number of aliphatic hydroxyl groups excluding tert-OH is 1. The van der Waals surface area contributed by atoms with E-state index in [-0.39, 0.29) is 12.5 Å². The minimum Gasteiger partial charge on any atom is -0.384 e. The summed E-state index contributed by atoms with van der Waals surface area (Å²) in [7, 11) is 1.75. The molecule has 6 heteroatoms. The average molecular weight is 326 g/mol. The number of thiophene rings is 2. The van der Waals surface area contributed by atoms with Gasteiger partial charge in [-0.2, -0.15) is 0 Å². The average Bonchev–Trinajstić information content (AvgIpc) is 3.04. The SMILES string of the molecule is CN(Cc1cc(C#CCO)cs1)C(=O)c1sccc1Cl. The van der Waals surface area contributed by atoms with Gasteiger partial charge >= 0.3 is 0 Å². The lowest BCUT2D eigenvalue weighted by molar-refractivity contribution is 0.0791. The Morgan fingerprint density at radius 2 is 2.30 bits per heavy atom. The van der Waals surface area contributed by atoms with E-state index in [1.54, 1.807) is 23.4 Å². The molecule has 0 spiro atoms. The van der Waals surface area contributed by atoms with Crippen LogP contribution in [0.4, 0.5) is 0 Å². The van der Waals surface area contributed by atoms with Crippen LogP contribution in [0, 0.1) is 11.8 Å². The van der Waals surface area contributed by atoms with E-state index < -0.39 is 0 Å². The monoisotopic (exact) mass is 325 g/mol. The van der Waals surface area contributed by atoms with Crippen molar-refractivity contribution >= 4 is 40.2 Å². The molecule has 0 unspecified atom stereocenters. The Kier molecular flexibility index (Phi) is 5.21. The summed E-state index contributed by atoms with van der Waals surface area (Å²) in [6.07, 6.45) is 0. The van der Waals surface area contributed by atoms with Crippen molar-refractivity contribution in [3.8, 4) is 11.8 Å². The molecule has 0 aliphatic rings. The van der Waals surface area contributed by atoms with Crippen molar-refractivity contribution in [2.24, 2.45) is 0 Å². The van der Waals surface area contributed by atoms with E-state index in [2.05, 4.69) is 11.8 Å². The second-order valence-electron chi connectivity index (χ2n) is 4.02. The molecular formula is C14H12ClNO2S2. The molecule has 0 aliphatic heterocycles. The Bertz CT molecular complexity index is 666. The smallest absolute Gasteiger partial charge is 0.265 e. The summed E-state index contributed by atoms with van der Waals surface area (Å²) in [6.45, 7) is 0.360. The molecule has 0 radical (unpaired) electrons. The molecule has 1 amide bonds. The van der Waals surface area contributed by atoms with Crippen molar-refractivity contribution in [3.05, 3.63) is 43.2 Å². The molecule has 0 saturated heterocycles. The minimum absolute atomic E-state index is 0.0820. The van der Waals surface area contributed by atoms with Crippen molar-refractivity contribution in [2.75, 3.05) is 13.7 Å². The van der Waals surface area contributed by atoms with E-state index in [1.807, 2.05) is 11.4 Å². The van der Waals surface area contributed by atoms with Crippen LogP contribution in [0.25, 0.3) is 0 Å². The lowest BCUT2D eigenvalue weighted by Crippen LogP contribution is -2.25. The zero-order valence-corrected chi connectivity index (χ0v) is 13.1. The lowest BCUT2D eigenvalue weighted by Gasteiger charge is -2.15. The van der Waals surface area contributed by atoms with E-state index in [0.717, 1.165) is 10.4 Å². The molecule has 20 heavy (non-hydrogen) atoms. The molecule has 0 saturated carbocycles. The van der Waals surface area contributed by atoms with Gasteiger partial charge in [-0.1, -0.05) is 23.4 Å². The Balaban J connectivity index is 2.04. The van der Waals surface area contributed by atoms with E-state index >= 15 is 0 Å². The first-order chi connectivity index (χ1) is 9.61. The molecule has 0 bridgehead atoms. The Labute approximate surface area is 130 Å². The number of amides is 1. The molecule has 3 nitrogen and oxygen atoms in total. The van der Waals surface area contributed by atoms with Crippen LogP contribution in [-0.4, -0.2) is 29.6 Å². The summed E-state index contributed by atoms with van der Waals surface area (Å²) >= 11 is 8.85. The highest BCUT2D eigenvalue weighted by molar-refractivity contribution is 7.12. The first-order valence-electron chi connectivity index (χ1n) is 5.77. The van der Waals surface area contributed by atoms with Crippen molar-refractivity contribution in [2.45, 2.75) is 6.54 Å². The zero-order valence-electron chi connectivity index (χ0n) is 10.7. The topological polar surface area (TPSA) is 40.5 Å². The van der Waals surface area contributed by atoms with Crippen LogP contribution >= 0.6 is 34.3 Å². The molecule has 0 atom stereocenters. The number of hydrogen-bond donors (Lipinski definition) is 1. The molecule has 2 aromatic rings. The molecule has 2 aromatic heterocycles. The van der Waals surface area contributed by atoms with Gasteiger partial charge in [0.1, 0.15) is 11.5 Å². The minimum atomic E-state index is -0.152. The van der Waals surface area contributed by atoms with Gasteiger partial charge in [0.25, 0.3) is 5.91 Å². The number of aliphatic hydroxyl groups is 1. The third-order valence-electron chi connectivity index (χ3n) is 2.52. The van der Waals surface area contributed by atoms with Gasteiger partial charge in [0.05, 0.1) is 11.6 Å². The number of nitrogens with zero attached hydrogens (tertiary/aromatic N) is 1. The highest BCUT2D eigenvalue weighted by atomic mass is 35.5. The fraction of sp³-hybridized carbons (Fsp3) is 0.214. The largest absolute Gasteiger partial charge is 0.384 e. The second kappa shape index (κ2) is 6.91. The van der Waals surface area contributed by atoms with Crippen LogP contribution in [-0.2, 0) is 6.54 Å². The number of rotatable bonds is 3.